The lowest BCUT2D eigenvalue weighted by molar-refractivity contribution is 0.0335. The molecule has 0 bridgehead atoms. The van der Waals surface area contributed by atoms with Crippen molar-refractivity contribution in [1.82, 2.24) is 0 Å². The second-order valence-electron chi connectivity index (χ2n) is 3.13. The fraction of sp³-hybridized carbons (Fsp3) is 0.200. The predicted molar refractivity (Wildman–Crippen MR) is 58.3 cm³/mol. The van der Waals surface area contributed by atoms with Crippen LogP contribution in [0.4, 0.5) is 0 Å². The van der Waals surface area contributed by atoms with Crippen molar-refractivity contribution in [2.75, 3.05) is 0 Å². The van der Waals surface area contributed by atoms with Gasteiger partial charge in [0.25, 0.3) is 0 Å². The predicted octanol–water partition coefficient (Wildman–Crippen LogP) is 1.79. The molecule has 0 heterocycles. The van der Waals surface area contributed by atoms with Gasteiger partial charge in [-0.15, -0.1) is 0 Å². The van der Waals surface area contributed by atoms with E-state index in [1.165, 1.54) is 6.92 Å². The van der Waals surface area contributed by atoms with Crippen molar-refractivity contribution in [3.05, 3.63) is 42.5 Å². The van der Waals surface area contributed by atoms with Crippen LogP contribution in [0.2, 0.25) is 0 Å². The quantitative estimate of drug-likeness (QED) is 0.485. The van der Waals surface area contributed by atoms with Gasteiger partial charge in [0.2, 0.25) is 6.29 Å². The average Bonchev–Trinajstić information content (AvgIpc) is 2.16. The highest BCUT2D eigenvalue weighted by Crippen LogP contribution is 2.16. The molecule has 5 nitrogen and oxygen atoms in total. The van der Waals surface area contributed by atoms with Gasteiger partial charge in [-0.2, -0.15) is 8.42 Å². The fourth-order valence-corrected chi connectivity index (χ4v) is 1.36. The van der Waals surface area contributed by atoms with E-state index in [2.05, 4.69) is 10.8 Å². The van der Waals surface area contributed by atoms with Crippen LogP contribution in [0.5, 0.6) is 5.75 Å². The van der Waals surface area contributed by atoms with Gasteiger partial charge in [-0.3, -0.25) is 4.55 Å². The van der Waals surface area contributed by atoms with E-state index in [9.17, 15) is 8.42 Å². The van der Waals surface area contributed by atoms with Gasteiger partial charge in [-0.1, -0.05) is 24.8 Å². The summed E-state index contributed by atoms with van der Waals surface area (Å²) in [5.74, 6) is 0.416. The van der Waals surface area contributed by atoms with Crippen molar-refractivity contribution in [1.29, 1.82) is 0 Å². The molecule has 0 aliphatic rings. The molecule has 88 valence electrons. The highest BCUT2D eigenvalue weighted by Gasteiger charge is 2.19. The third kappa shape index (κ3) is 4.43. The monoisotopic (exact) mass is 244 g/mol. The molecule has 1 unspecified atom stereocenters. The maximum absolute atomic E-state index is 10.5. The van der Waals surface area contributed by atoms with Gasteiger partial charge in [-0.05, 0) is 24.6 Å². The van der Waals surface area contributed by atoms with E-state index >= 15 is 0 Å². The lowest BCUT2D eigenvalue weighted by atomic mass is 10.3. The zero-order valence-electron chi connectivity index (χ0n) is 8.66. The van der Waals surface area contributed by atoms with Gasteiger partial charge in [-0.25, -0.2) is 4.18 Å². The minimum Gasteiger partial charge on any atom is -0.460 e. The zero-order chi connectivity index (χ0) is 12.2. The molecule has 0 amide bonds. The summed E-state index contributed by atoms with van der Waals surface area (Å²) in [6, 6.07) is 8.48. The summed E-state index contributed by atoms with van der Waals surface area (Å²) < 4.78 is 39.1. The van der Waals surface area contributed by atoms with Crippen LogP contribution in [-0.4, -0.2) is 19.3 Å². The molecule has 1 N–H and O–H groups in total. The lowest BCUT2D eigenvalue weighted by Crippen LogP contribution is -2.24. The number of hydrogen-bond acceptors (Lipinski definition) is 4. The molecule has 0 spiro atoms. The molecule has 0 saturated heterocycles. The van der Waals surface area contributed by atoms with Crippen LogP contribution in [0.15, 0.2) is 42.5 Å². The summed E-state index contributed by atoms with van der Waals surface area (Å²) >= 11 is 0. The van der Waals surface area contributed by atoms with Gasteiger partial charge < -0.3 is 4.74 Å². The van der Waals surface area contributed by atoms with Crippen molar-refractivity contribution >= 4 is 10.4 Å². The summed E-state index contributed by atoms with van der Waals surface area (Å²) in [7, 11) is -4.57. The molecule has 0 aromatic heterocycles. The minimum atomic E-state index is -4.57. The van der Waals surface area contributed by atoms with Crippen LogP contribution in [-0.2, 0) is 14.6 Å². The highest BCUT2D eigenvalue weighted by atomic mass is 32.3. The summed E-state index contributed by atoms with van der Waals surface area (Å²) in [5.41, 5.74) is 0.321. The SMILES string of the molecule is C=C(C)C(Oc1ccccc1)OS(=O)(=O)O. The molecular weight excluding hydrogens is 232 g/mol. The average molecular weight is 244 g/mol. The number of benzene rings is 1. The van der Waals surface area contributed by atoms with E-state index in [0.29, 0.717) is 11.3 Å². The molecule has 1 rings (SSSR count). The Bertz CT molecular complexity index is 451. The lowest BCUT2D eigenvalue weighted by Gasteiger charge is -2.17. The van der Waals surface area contributed by atoms with E-state index in [-0.39, 0.29) is 0 Å². The molecule has 1 aromatic carbocycles. The summed E-state index contributed by atoms with van der Waals surface area (Å²) in [4.78, 5) is 0. The molecule has 0 aliphatic carbocycles. The van der Waals surface area contributed by atoms with Crippen molar-refractivity contribution in [3.8, 4) is 5.75 Å². The first-order valence-electron chi connectivity index (χ1n) is 4.41. The van der Waals surface area contributed by atoms with Crippen molar-refractivity contribution in [2.45, 2.75) is 13.2 Å². The van der Waals surface area contributed by atoms with Crippen LogP contribution >= 0.6 is 0 Å². The Kier molecular flexibility index (Phi) is 4.05. The van der Waals surface area contributed by atoms with Crippen molar-refractivity contribution in [3.63, 3.8) is 0 Å². The normalized spacial score (nSPS) is 13.1. The number of para-hydroxylation sites is 1. The molecule has 0 radical (unpaired) electrons. The second kappa shape index (κ2) is 5.11. The molecule has 1 aromatic rings. The van der Waals surface area contributed by atoms with Crippen LogP contribution in [0.25, 0.3) is 0 Å². The van der Waals surface area contributed by atoms with Gasteiger partial charge in [0.1, 0.15) is 5.75 Å². The van der Waals surface area contributed by atoms with E-state index in [4.69, 9.17) is 9.29 Å². The molecule has 0 saturated carbocycles. The topological polar surface area (TPSA) is 72.8 Å². The first-order valence-corrected chi connectivity index (χ1v) is 5.78. The largest absolute Gasteiger partial charge is 0.460 e. The van der Waals surface area contributed by atoms with E-state index in [1.807, 2.05) is 0 Å². The smallest absolute Gasteiger partial charge is 0.400 e. The van der Waals surface area contributed by atoms with E-state index in [0.717, 1.165) is 0 Å². The molecular formula is C10H12O5S. The van der Waals surface area contributed by atoms with Gasteiger partial charge in [0.05, 0.1) is 0 Å². The first kappa shape index (κ1) is 12.7. The Morgan fingerprint density at radius 1 is 1.38 bits per heavy atom. The maximum atomic E-state index is 10.5. The van der Waals surface area contributed by atoms with Gasteiger partial charge in [0, 0.05) is 0 Å². The number of rotatable bonds is 5. The Hall–Kier alpha value is -1.37. The fourth-order valence-electron chi connectivity index (χ4n) is 0.935. The maximum Gasteiger partial charge on any atom is 0.400 e. The summed E-state index contributed by atoms with van der Waals surface area (Å²) in [5, 5.41) is 0. The van der Waals surface area contributed by atoms with E-state index in [1.54, 1.807) is 30.3 Å². The molecule has 1 atom stereocenters. The second-order valence-corrected chi connectivity index (χ2v) is 4.18. The van der Waals surface area contributed by atoms with Crippen LogP contribution < -0.4 is 4.74 Å². The van der Waals surface area contributed by atoms with Crippen molar-refractivity contribution in [2.24, 2.45) is 0 Å². The number of ether oxygens (including phenoxy) is 1. The molecule has 16 heavy (non-hydrogen) atoms. The molecule has 0 fully saturated rings. The summed E-state index contributed by atoms with van der Waals surface area (Å²) in [6.45, 7) is 5.04. The zero-order valence-corrected chi connectivity index (χ0v) is 9.48. The third-order valence-electron chi connectivity index (χ3n) is 1.60. The van der Waals surface area contributed by atoms with Crippen LogP contribution in [0.3, 0.4) is 0 Å². The Morgan fingerprint density at radius 3 is 2.38 bits per heavy atom. The number of hydrogen-bond donors (Lipinski definition) is 1. The first-order chi connectivity index (χ1) is 7.38. The highest BCUT2D eigenvalue weighted by molar-refractivity contribution is 7.80. The van der Waals surface area contributed by atoms with Gasteiger partial charge in [0.15, 0.2) is 0 Å². The Morgan fingerprint density at radius 2 is 1.94 bits per heavy atom. The molecule has 0 aliphatic heterocycles. The van der Waals surface area contributed by atoms with E-state index < -0.39 is 16.7 Å². The Labute approximate surface area is 94.3 Å². The summed E-state index contributed by atoms with van der Waals surface area (Å²) in [6.07, 6.45) is -1.24. The minimum absolute atomic E-state index is 0.321. The van der Waals surface area contributed by atoms with Crippen LogP contribution in [0, 0.1) is 0 Å². The standard InChI is InChI=1S/C10H12O5S/c1-8(2)10(15-16(11,12)13)14-9-6-4-3-5-7-9/h3-7,10H,1H2,2H3,(H,11,12,13). The van der Waals surface area contributed by atoms with Crippen molar-refractivity contribution < 1.29 is 21.9 Å². The van der Waals surface area contributed by atoms with Crippen LogP contribution in [0.1, 0.15) is 6.92 Å². The van der Waals surface area contributed by atoms with Gasteiger partial charge >= 0.3 is 10.4 Å². The molecule has 6 heteroatoms. The third-order valence-corrected chi connectivity index (χ3v) is 2.02. The Balaban J connectivity index is 2.77.